The van der Waals surface area contributed by atoms with Crippen LogP contribution in [-0.2, 0) is 14.8 Å². The van der Waals surface area contributed by atoms with Crippen LogP contribution in [0.25, 0.3) is 0 Å². The molecule has 0 bridgehead atoms. The Bertz CT molecular complexity index is 542. The number of nitrogens with zero attached hydrogens (tertiary/aromatic N) is 1. The lowest BCUT2D eigenvalue weighted by atomic mass is 10.2. The fourth-order valence-corrected chi connectivity index (χ4v) is 3.07. The minimum Gasteiger partial charge on any atom is -0.279 e. The summed E-state index contributed by atoms with van der Waals surface area (Å²) in [6, 6.07) is 6.04. The number of sulfonamides is 1. The Balaban J connectivity index is 3.34. The molecule has 1 aromatic rings. The van der Waals surface area contributed by atoms with Crippen molar-refractivity contribution in [2.45, 2.75) is 26.8 Å². The Morgan fingerprint density at radius 2 is 2.06 bits per heavy atom. The summed E-state index contributed by atoms with van der Waals surface area (Å²) in [6.07, 6.45) is 0. The van der Waals surface area contributed by atoms with Crippen LogP contribution >= 0.6 is 11.6 Å². The molecular weight excluding hydrogens is 274 g/mol. The normalized spacial score (nSPS) is 13.1. The van der Waals surface area contributed by atoms with E-state index in [1.807, 2.05) is 13.0 Å². The fraction of sp³-hybridized carbons (Fsp3) is 0.417. The number of aryl methyl sites for hydroxylation is 1. The van der Waals surface area contributed by atoms with E-state index in [-0.39, 0.29) is 5.75 Å². The van der Waals surface area contributed by atoms with E-state index >= 15 is 0 Å². The van der Waals surface area contributed by atoms with Gasteiger partial charge in [0.15, 0.2) is 0 Å². The van der Waals surface area contributed by atoms with Gasteiger partial charge in [0, 0.05) is 0 Å². The lowest BCUT2D eigenvalue weighted by Gasteiger charge is -2.28. The van der Waals surface area contributed by atoms with E-state index in [1.165, 1.54) is 13.8 Å². The van der Waals surface area contributed by atoms with Crippen LogP contribution in [0.5, 0.6) is 0 Å². The van der Waals surface area contributed by atoms with E-state index in [9.17, 15) is 13.2 Å². The maximum Gasteiger partial charge on any atom is 0.245 e. The molecule has 0 spiro atoms. The van der Waals surface area contributed by atoms with Crippen LogP contribution in [0.4, 0.5) is 5.69 Å². The van der Waals surface area contributed by atoms with Crippen LogP contribution in [0, 0.1) is 6.92 Å². The monoisotopic (exact) mass is 289 g/mol. The number of hydrogen-bond acceptors (Lipinski definition) is 3. The third-order valence-corrected chi connectivity index (χ3v) is 4.77. The SMILES string of the molecule is CCS(=O)(=O)N(c1cccc(C)c1)C(C)C(=O)Cl. The zero-order valence-electron chi connectivity index (χ0n) is 10.6. The van der Waals surface area contributed by atoms with Gasteiger partial charge in [0.05, 0.1) is 11.4 Å². The Hall–Kier alpha value is -1.07. The van der Waals surface area contributed by atoms with Crippen LogP contribution in [-0.4, -0.2) is 25.5 Å². The van der Waals surface area contributed by atoms with Gasteiger partial charge in [0.2, 0.25) is 15.3 Å². The summed E-state index contributed by atoms with van der Waals surface area (Å²) in [4.78, 5) is 11.3. The first-order valence-electron chi connectivity index (χ1n) is 5.57. The third kappa shape index (κ3) is 3.23. The maximum atomic E-state index is 12.1. The molecular formula is C12H16ClNO3S. The Labute approximate surface area is 113 Å². The molecule has 0 heterocycles. The summed E-state index contributed by atoms with van der Waals surface area (Å²) in [6.45, 7) is 4.86. The van der Waals surface area contributed by atoms with Gasteiger partial charge in [0.1, 0.15) is 6.04 Å². The van der Waals surface area contributed by atoms with Crippen molar-refractivity contribution in [3.8, 4) is 0 Å². The minimum atomic E-state index is -3.55. The van der Waals surface area contributed by atoms with E-state index in [0.717, 1.165) is 9.87 Å². The van der Waals surface area contributed by atoms with Crippen LogP contribution < -0.4 is 4.31 Å². The average Bonchev–Trinajstić information content (AvgIpc) is 2.28. The summed E-state index contributed by atoms with van der Waals surface area (Å²) in [5.41, 5.74) is 1.37. The molecule has 0 amide bonds. The number of rotatable bonds is 5. The topological polar surface area (TPSA) is 54.5 Å². The molecule has 0 aliphatic rings. The van der Waals surface area contributed by atoms with Gasteiger partial charge in [-0.25, -0.2) is 8.42 Å². The largest absolute Gasteiger partial charge is 0.279 e. The third-order valence-electron chi connectivity index (χ3n) is 2.60. The number of hydrogen-bond donors (Lipinski definition) is 0. The minimum absolute atomic E-state index is 0.0878. The predicted molar refractivity (Wildman–Crippen MR) is 73.4 cm³/mol. The Morgan fingerprint density at radius 1 is 1.44 bits per heavy atom. The van der Waals surface area contributed by atoms with Gasteiger partial charge in [-0.1, -0.05) is 12.1 Å². The fourth-order valence-electron chi connectivity index (χ4n) is 1.62. The number of halogens is 1. The van der Waals surface area contributed by atoms with E-state index < -0.39 is 21.3 Å². The van der Waals surface area contributed by atoms with Gasteiger partial charge in [-0.05, 0) is 50.1 Å². The highest BCUT2D eigenvalue weighted by Crippen LogP contribution is 2.23. The molecule has 0 fully saturated rings. The Kier molecular flexibility index (Phi) is 4.76. The van der Waals surface area contributed by atoms with E-state index in [0.29, 0.717) is 5.69 Å². The van der Waals surface area contributed by atoms with Gasteiger partial charge < -0.3 is 0 Å². The summed E-state index contributed by atoms with van der Waals surface area (Å²) >= 11 is 5.43. The van der Waals surface area contributed by atoms with E-state index in [2.05, 4.69) is 0 Å². The molecule has 1 atom stereocenters. The molecule has 0 aromatic heterocycles. The highest BCUT2D eigenvalue weighted by molar-refractivity contribution is 7.92. The van der Waals surface area contributed by atoms with Crippen molar-refractivity contribution in [3.63, 3.8) is 0 Å². The van der Waals surface area contributed by atoms with Crippen LogP contribution in [0.15, 0.2) is 24.3 Å². The molecule has 1 aromatic carbocycles. The van der Waals surface area contributed by atoms with Gasteiger partial charge in [-0.3, -0.25) is 9.10 Å². The van der Waals surface area contributed by atoms with E-state index in [1.54, 1.807) is 18.2 Å². The van der Waals surface area contributed by atoms with Crippen LogP contribution in [0.1, 0.15) is 19.4 Å². The van der Waals surface area contributed by atoms with Gasteiger partial charge in [-0.15, -0.1) is 0 Å². The standard InChI is InChI=1S/C12H16ClNO3S/c1-4-18(16,17)14(10(3)12(13)15)11-7-5-6-9(2)8-11/h5-8,10H,4H2,1-3H3. The van der Waals surface area contributed by atoms with Crippen molar-refractivity contribution in [1.29, 1.82) is 0 Å². The molecule has 6 heteroatoms. The molecule has 0 aliphatic carbocycles. The molecule has 0 N–H and O–H groups in total. The lowest BCUT2D eigenvalue weighted by molar-refractivity contribution is -0.112. The maximum absolute atomic E-state index is 12.1. The molecule has 0 saturated carbocycles. The average molecular weight is 290 g/mol. The van der Waals surface area contributed by atoms with Gasteiger partial charge >= 0.3 is 0 Å². The molecule has 18 heavy (non-hydrogen) atoms. The van der Waals surface area contributed by atoms with Crippen molar-refractivity contribution in [2.75, 3.05) is 10.1 Å². The molecule has 0 saturated heterocycles. The first-order chi connectivity index (χ1) is 8.29. The van der Waals surface area contributed by atoms with Gasteiger partial charge in [-0.2, -0.15) is 0 Å². The quantitative estimate of drug-likeness (QED) is 0.782. The first-order valence-corrected chi connectivity index (χ1v) is 7.56. The number of carbonyl (C=O) groups excluding carboxylic acids is 1. The summed E-state index contributed by atoms with van der Waals surface area (Å²) in [7, 11) is -3.55. The molecule has 0 aliphatic heterocycles. The van der Waals surface area contributed by atoms with Crippen LogP contribution in [0.3, 0.4) is 0 Å². The summed E-state index contributed by atoms with van der Waals surface area (Å²) < 4.78 is 25.2. The van der Waals surface area contributed by atoms with Gasteiger partial charge in [0.25, 0.3) is 0 Å². The van der Waals surface area contributed by atoms with Crippen molar-refractivity contribution < 1.29 is 13.2 Å². The molecule has 0 radical (unpaired) electrons. The second-order valence-electron chi connectivity index (χ2n) is 4.02. The van der Waals surface area contributed by atoms with Crippen molar-refractivity contribution in [3.05, 3.63) is 29.8 Å². The van der Waals surface area contributed by atoms with E-state index in [4.69, 9.17) is 11.6 Å². The molecule has 100 valence electrons. The zero-order chi connectivity index (χ0) is 13.9. The number of carbonyl (C=O) groups is 1. The summed E-state index contributed by atoms with van der Waals surface area (Å²) in [5.74, 6) is -0.0878. The zero-order valence-corrected chi connectivity index (χ0v) is 12.1. The van der Waals surface area contributed by atoms with Crippen LogP contribution in [0.2, 0.25) is 0 Å². The van der Waals surface area contributed by atoms with Crippen molar-refractivity contribution in [1.82, 2.24) is 0 Å². The number of anilines is 1. The lowest BCUT2D eigenvalue weighted by Crippen LogP contribution is -2.42. The first kappa shape index (κ1) is 15.0. The second-order valence-corrected chi connectivity index (χ2v) is 6.52. The highest BCUT2D eigenvalue weighted by atomic mass is 35.5. The van der Waals surface area contributed by atoms with Crippen molar-refractivity contribution >= 4 is 32.6 Å². The van der Waals surface area contributed by atoms with Crippen molar-refractivity contribution in [2.24, 2.45) is 0 Å². The second kappa shape index (κ2) is 5.71. The smallest absolute Gasteiger partial charge is 0.245 e. The molecule has 4 nitrogen and oxygen atoms in total. The predicted octanol–water partition coefficient (Wildman–Crippen LogP) is 2.31. The number of benzene rings is 1. The Morgan fingerprint density at radius 3 is 2.50 bits per heavy atom. The molecule has 1 rings (SSSR count). The summed E-state index contributed by atoms with van der Waals surface area (Å²) in [5, 5.41) is -0.700. The highest BCUT2D eigenvalue weighted by Gasteiger charge is 2.29. The molecule has 1 unspecified atom stereocenters.